The van der Waals surface area contributed by atoms with Crippen LogP contribution in [0.4, 0.5) is 13.2 Å². The van der Waals surface area contributed by atoms with Crippen LogP contribution >= 0.6 is 0 Å². The SMILES string of the molecule is CCC/C(=C\C(N)=NC(C)c1ccccc1C)c1ccc(C(F)(F)F)cc1. The Bertz CT molecular complexity index is 818. The van der Waals surface area contributed by atoms with Crippen molar-refractivity contribution in [1.29, 1.82) is 0 Å². The molecule has 5 heteroatoms. The van der Waals surface area contributed by atoms with Crippen molar-refractivity contribution >= 4 is 11.4 Å². The third-order valence-corrected chi connectivity index (χ3v) is 4.41. The number of aryl methyl sites for hydroxylation is 1. The molecular formula is C22H25F3N2. The van der Waals surface area contributed by atoms with Gasteiger partial charge in [-0.05, 0) is 60.7 Å². The standard InChI is InChI=1S/C22H25F3N2/c1-4-7-18(17-10-12-19(13-11-17)22(23,24)25)14-21(26)27-16(3)20-9-6-5-8-15(20)2/h5-6,8-14,16H,4,7H2,1-3H3,(H2,26,27)/b18-14+. The van der Waals surface area contributed by atoms with E-state index in [1.807, 2.05) is 45.0 Å². The molecule has 0 aliphatic rings. The maximum atomic E-state index is 12.8. The first kappa shape index (κ1) is 20.7. The van der Waals surface area contributed by atoms with E-state index >= 15 is 0 Å². The Morgan fingerprint density at radius 1 is 1.11 bits per heavy atom. The number of benzene rings is 2. The molecular weight excluding hydrogens is 349 g/mol. The van der Waals surface area contributed by atoms with Gasteiger partial charge in [0.15, 0.2) is 0 Å². The highest BCUT2D eigenvalue weighted by atomic mass is 19.4. The monoisotopic (exact) mass is 374 g/mol. The molecule has 0 aliphatic heterocycles. The summed E-state index contributed by atoms with van der Waals surface area (Å²) in [5.74, 6) is 0.370. The van der Waals surface area contributed by atoms with Crippen LogP contribution in [0.5, 0.6) is 0 Å². The first-order chi connectivity index (χ1) is 12.7. The van der Waals surface area contributed by atoms with Gasteiger partial charge in [0.25, 0.3) is 0 Å². The maximum Gasteiger partial charge on any atom is 0.416 e. The van der Waals surface area contributed by atoms with E-state index < -0.39 is 11.7 Å². The average Bonchev–Trinajstić information content (AvgIpc) is 2.61. The van der Waals surface area contributed by atoms with Gasteiger partial charge in [-0.25, -0.2) is 0 Å². The first-order valence-corrected chi connectivity index (χ1v) is 8.99. The molecule has 2 aromatic rings. The second kappa shape index (κ2) is 8.89. The molecule has 1 unspecified atom stereocenters. The van der Waals surface area contributed by atoms with Gasteiger partial charge in [0.1, 0.15) is 5.84 Å². The summed E-state index contributed by atoms with van der Waals surface area (Å²) in [4.78, 5) is 4.55. The summed E-state index contributed by atoms with van der Waals surface area (Å²) in [6.45, 7) is 6.01. The first-order valence-electron chi connectivity index (χ1n) is 8.99. The number of nitrogens with two attached hydrogens (primary N) is 1. The fourth-order valence-corrected chi connectivity index (χ4v) is 3.01. The quantitative estimate of drug-likeness (QED) is 0.466. The zero-order valence-electron chi connectivity index (χ0n) is 15.8. The molecule has 0 amide bonds. The average molecular weight is 374 g/mol. The van der Waals surface area contributed by atoms with E-state index in [4.69, 9.17) is 5.73 Å². The van der Waals surface area contributed by atoms with Crippen LogP contribution in [0.2, 0.25) is 0 Å². The Labute approximate surface area is 158 Å². The Hall–Kier alpha value is -2.56. The largest absolute Gasteiger partial charge is 0.416 e. The van der Waals surface area contributed by atoms with Crippen molar-refractivity contribution in [2.75, 3.05) is 0 Å². The molecule has 1 atom stereocenters. The van der Waals surface area contributed by atoms with Crippen molar-refractivity contribution < 1.29 is 13.2 Å². The van der Waals surface area contributed by atoms with Crippen LogP contribution in [0.15, 0.2) is 59.6 Å². The summed E-state index contributed by atoms with van der Waals surface area (Å²) in [5, 5.41) is 0. The predicted octanol–water partition coefficient (Wildman–Crippen LogP) is 6.32. The third kappa shape index (κ3) is 5.71. The molecule has 2 N–H and O–H groups in total. The Morgan fingerprint density at radius 3 is 2.30 bits per heavy atom. The molecule has 0 spiro atoms. The Balaban J connectivity index is 2.29. The molecule has 0 radical (unpaired) electrons. The van der Waals surface area contributed by atoms with Crippen LogP contribution in [0, 0.1) is 6.92 Å². The molecule has 0 heterocycles. The van der Waals surface area contributed by atoms with E-state index in [1.54, 1.807) is 6.08 Å². The minimum Gasteiger partial charge on any atom is -0.384 e. The number of alkyl halides is 3. The van der Waals surface area contributed by atoms with Gasteiger partial charge in [-0.1, -0.05) is 49.7 Å². The normalized spacial score (nSPS) is 14.3. The number of rotatable bonds is 6. The number of hydrogen-bond donors (Lipinski definition) is 1. The lowest BCUT2D eigenvalue weighted by Crippen LogP contribution is -2.11. The van der Waals surface area contributed by atoms with Crippen LogP contribution in [0.25, 0.3) is 5.57 Å². The van der Waals surface area contributed by atoms with Gasteiger partial charge in [-0.2, -0.15) is 13.2 Å². The molecule has 0 fully saturated rings. The lowest BCUT2D eigenvalue weighted by molar-refractivity contribution is -0.137. The van der Waals surface area contributed by atoms with Gasteiger partial charge in [0.2, 0.25) is 0 Å². The second-order valence-electron chi connectivity index (χ2n) is 6.58. The summed E-state index contributed by atoms with van der Waals surface area (Å²) in [5.41, 5.74) is 9.31. The van der Waals surface area contributed by atoms with Crippen molar-refractivity contribution in [2.24, 2.45) is 10.7 Å². The zero-order chi connectivity index (χ0) is 20.0. The molecule has 27 heavy (non-hydrogen) atoms. The molecule has 0 saturated heterocycles. The number of hydrogen-bond acceptors (Lipinski definition) is 1. The van der Waals surface area contributed by atoms with Crippen LogP contribution in [-0.4, -0.2) is 5.84 Å². The van der Waals surface area contributed by atoms with Gasteiger partial charge in [0.05, 0.1) is 11.6 Å². The van der Waals surface area contributed by atoms with Gasteiger partial charge >= 0.3 is 6.18 Å². The number of aliphatic imine (C=N–C) groups is 1. The maximum absolute atomic E-state index is 12.8. The van der Waals surface area contributed by atoms with E-state index in [2.05, 4.69) is 4.99 Å². The molecule has 0 bridgehead atoms. The van der Waals surface area contributed by atoms with Gasteiger partial charge in [0, 0.05) is 0 Å². The summed E-state index contributed by atoms with van der Waals surface area (Å²) in [6.07, 6.45) is -1.01. The van der Waals surface area contributed by atoms with Crippen molar-refractivity contribution in [3.8, 4) is 0 Å². The molecule has 144 valence electrons. The van der Waals surface area contributed by atoms with Crippen molar-refractivity contribution in [1.82, 2.24) is 0 Å². The number of amidine groups is 1. The third-order valence-electron chi connectivity index (χ3n) is 4.41. The summed E-state index contributed by atoms with van der Waals surface area (Å²) < 4.78 is 38.3. The summed E-state index contributed by atoms with van der Waals surface area (Å²) in [7, 11) is 0. The molecule has 0 aliphatic carbocycles. The Morgan fingerprint density at radius 2 is 1.74 bits per heavy atom. The minimum atomic E-state index is -4.34. The molecule has 0 saturated carbocycles. The van der Waals surface area contributed by atoms with Gasteiger partial charge in [-0.3, -0.25) is 4.99 Å². The van der Waals surface area contributed by atoms with Crippen LogP contribution in [0.3, 0.4) is 0 Å². The molecule has 2 rings (SSSR count). The lowest BCUT2D eigenvalue weighted by atomic mass is 9.99. The lowest BCUT2D eigenvalue weighted by Gasteiger charge is -2.12. The van der Waals surface area contributed by atoms with Crippen LogP contribution < -0.4 is 5.73 Å². The minimum absolute atomic E-state index is 0.0991. The van der Waals surface area contributed by atoms with Crippen LogP contribution in [-0.2, 0) is 6.18 Å². The molecule has 2 aromatic carbocycles. The summed E-state index contributed by atoms with van der Waals surface area (Å²) >= 11 is 0. The van der Waals surface area contributed by atoms with Gasteiger partial charge in [-0.15, -0.1) is 0 Å². The van der Waals surface area contributed by atoms with E-state index in [0.717, 1.165) is 40.8 Å². The zero-order valence-corrected chi connectivity index (χ0v) is 15.8. The van der Waals surface area contributed by atoms with E-state index in [9.17, 15) is 13.2 Å². The number of halogens is 3. The predicted molar refractivity (Wildman–Crippen MR) is 106 cm³/mol. The van der Waals surface area contributed by atoms with Crippen molar-refractivity contribution in [3.05, 3.63) is 76.9 Å². The van der Waals surface area contributed by atoms with E-state index in [-0.39, 0.29) is 6.04 Å². The van der Waals surface area contributed by atoms with Crippen LogP contribution in [0.1, 0.15) is 55.0 Å². The van der Waals surface area contributed by atoms with Crippen molar-refractivity contribution in [3.63, 3.8) is 0 Å². The fraction of sp³-hybridized carbons (Fsp3) is 0.318. The fourth-order valence-electron chi connectivity index (χ4n) is 3.01. The van der Waals surface area contributed by atoms with Gasteiger partial charge < -0.3 is 5.73 Å². The highest BCUT2D eigenvalue weighted by molar-refractivity contribution is 5.98. The number of allylic oxidation sites excluding steroid dienone is 1. The van der Waals surface area contributed by atoms with E-state index in [0.29, 0.717) is 12.3 Å². The molecule has 0 aromatic heterocycles. The van der Waals surface area contributed by atoms with E-state index in [1.165, 1.54) is 12.1 Å². The second-order valence-corrected chi connectivity index (χ2v) is 6.58. The highest BCUT2D eigenvalue weighted by Gasteiger charge is 2.30. The highest BCUT2D eigenvalue weighted by Crippen LogP contribution is 2.31. The Kier molecular flexibility index (Phi) is 6.83. The number of nitrogens with zero attached hydrogens (tertiary/aromatic N) is 1. The smallest absolute Gasteiger partial charge is 0.384 e. The molecule has 2 nitrogen and oxygen atoms in total. The topological polar surface area (TPSA) is 38.4 Å². The summed E-state index contributed by atoms with van der Waals surface area (Å²) in [6, 6.07) is 13.1. The van der Waals surface area contributed by atoms with Crippen molar-refractivity contribution in [2.45, 2.75) is 45.8 Å².